The quantitative estimate of drug-likeness (QED) is 0.227. The van der Waals surface area contributed by atoms with Crippen LogP contribution in [0, 0.1) is 11.6 Å². The van der Waals surface area contributed by atoms with Gasteiger partial charge in [-0.2, -0.15) is 18.2 Å². The van der Waals surface area contributed by atoms with E-state index in [0.29, 0.717) is 12.6 Å². The van der Waals surface area contributed by atoms with Gasteiger partial charge in [0.25, 0.3) is 0 Å². The van der Waals surface area contributed by atoms with Crippen molar-refractivity contribution in [1.82, 2.24) is 19.8 Å². The van der Waals surface area contributed by atoms with Crippen LogP contribution in [0.4, 0.5) is 27.8 Å². The third-order valence-corrected chi connectivity index (χ3v) is 8.91. The van der Waals surface area contributed by atoms with Crippen LogP contribution in [0.2, 0.25) is 5.02 Å². The third kappa shape index (κ3) is 5.61. The monoisotopic (exact) mass is 627 g/mol. The Balaban J connectivity index is 1.80. The normalized spacial score (nSPS) is 17.5. The molecule has 14 heteroatoms. The van der Waals surface area contributed by atoms with Gasteiger partial charge in [0.05, 0.1) is 16.1 Å². The molecule has 2 aliphatic rings. The first-order valence-electron chi connectivity index (χ1n) is 13.3. The topological polar surface area (TPSA) is 70.5 Å². The zero-order valence-electron chi connectivity index (χ0n) is 22.5. The summed E-state index contributed by atoms with van der Waals surface area (Å²) in [6, 6.07) is 1.88. The van der Waals surface area contributed by atoms with Gasteiger partial charge in [0, 0.05) is 72.0 Å². The molecule has 1 atom stereocenters. The van der Waals surface area contributed by atoms with Crippen LogP contribution in [-0.4, -0.2) is 64.9 Å². The average molecular weight is 628 g/mol. The number of nitrogens with one attached hydrogen (secondary N) is 1. The van der Waals surface area contributed by atoms with Gasteiger partial charge in [0.2, 0.25) is 5.91 Å². The summed E-state index contributed by atoms with van der Waals surface area (Å²) in [7, 11) is 0. The first-order valence-corrected chi connectivity index (χ1v) is 14.7. The fourth-order valence-electron chi connectivity index (χ4n) is 5.35. The Labute approximate surface area is 247 Å². The summed E-state index contributed by atoms with van der Waals surface area (Å²) in [5.74, 6) is -2.27. The molecule has 42 heavy (non-hydrogen) atoms. The predicted octanol–water partition coefficient (Wildman–Crippen LogP) is 5.32. The highest BCUT2D eigenvalue weighted by atomic mass is 35.5. The Morgan fingerprint density at radius 1 is 1.19 bits per heavy atom. The summed E-state index contributed by atoms with van der Waals surface area (Å²) in [5, 5.41) is 2.85. The zero-order chi connectivity index (χ0) is 30.3. The average Bonchev–Trinajstić information content (AvgIpc) is 3.15. The lowest BCUT2D eigenvalue weighted by atomic mass is 9.95. The summed E-state index contributed by atoms with van der Waals surface area (Å²) in [6.45, 7) is 7.14. The van der Waals surface area contributed by atoms with Crippen molar-refractivity contribution in [3.8, 4) is 11.1 Å². The van der Waals surface area contributed by atoms with Crippen LogP contribution in [0.25, 0.3) is 22.0 Å². The van der Waals surface area contributed by atoms with Crippen LogP contribution >= 0.6 is 23.4 Å². The van der Waals surface area contributed by atoms with Crippen molar-refractivity contribution >= 4 is 46.0 Å². The second-order valence-corrected chi connectivity index (χ2v) is 11.5. The van der Waals surface area contributed by atoms with E-state index in [0.717, 1.165) is 30.3 Å². The van der Waals surface area contributed by atoms with Gasteiger partial charge in [-0.3, -0.25) is 9.36 Å². The lowest BCUT2D eigenvalue weighted by molar-refractivity contribution is -0.137. The van der Waals surface area contributed by atoms with E-state index in [9.17, 15) is 27.2 Å². The Morgan fingerprint density at radius 2 is 1.90 bits per heavy atom. The molecular weight excluding hydrogens is 601 g/mol. The first kappa shape index (κ1) is 30.3. The summed E-state index contributed by atoms with van der Waals surface area (Å²) in [5.41, 5.74) is -2.68. The van der Waals surface area contributed by atoms with Crippen molar-refractivity contribution in [3.63, 3.8) is 0 Å². The number of hydrogen-bond acceptors (Lipinski definition) is 6. The molecule has 2 aliphatic heterocycles. The molecule has 1 saturated heterocycles. The van der Waals surface area contributed by atoms with Crippen molar-refractivity contribution in [2.45, 2.75) is 37.0 Å². The van der Waals surface area contributed by atoms with Crippen LogP contribution in [0.15, 0.2) is 40.5 Å². The number of hydrogen-bond donors (Lipinski definition) is 1. The van der Waals surface area contributed by atoms with Crippen LogP contribution in [0.5, 0.6) is 0 Å². The Hall–Kier alpha value is -3.16. The van der Waals surface area contributed by atoms with E-state index >= 15 is 4.39 Å². The molecule has 1 aromatic heterocycles. The lowest BCUT2D eigenvalue weighted by Gasteiger charge is -2.35. The van der Waals surface area contributed by atoms with Crippen molar-refractivity contribution in [3.05, 3.63) is 63.6 Å². The van der Waals surface area contributed by atoms with Gasteiger partial charge in [-0.25, -0.2) is 13.6 Å². The maximum atomic E-state index is 15.2. The van der Waals surface area contributed by atoms with Crippen LogP contribution in [0.3, 0.4) is 0 Å². The fraction of sp³-hybridized carbons (Fsp3) is 0.393. The van der Waals surface area contributed by atoms with E-state index in [4.69, 9.17) is 11.6 Å². The number of alkyl halides is 3. The van der Waals surface area contributed by atoms with Gasteiger partial charge < -0.3 is 15.1 Å². The SMILES string of the molecule is C=CC(=O)N1CCN(c2nc(=O)n3c4c(c(-c5cc(Cl)c(F)cc5F)c(C(F)(F)F)cc24)SCC(NCCC)C3)CC1. The van der Waals surface area contributed by atoms with E-state index in [2.05, 4.69) is 16.9 Å². The molecule has 3 heterocycles. The number of piperazine rings is 1. The van der Waals surface area contributed by atoms with E-state index in [1.807, 2.05) is 6.92 Å². The highest BCUT2D eigenvalue weighted by Crippen LogP contribution is 2.49. The highest BCUT2D eigenvalue weighted by Gasteiger charge is 2.39. The maximum absolute atomic E-state index is 15.2. The van der Waals surface area contributed by atoms with Gasteiger partial charge >= 0.3 is 11.9 Å². The van der Waals surface area contributed by atoms with Crippen LogP contribution < -0.4 is 15.9 Å². The van der Waals surface area contributed by atoms with Crippen molar-refractivity contribution in [2.75, 3.05) is 43.4 Å². The summed E-state index contributed by atoms with van der Waals surface area (Å²) in [6.07, 6.45) is -2.98. The number of benzene rings is 2. The molecule has 0 radical (unpaired) electrons. The molecule has 1 amide bonds. The Bertz CT molecular complexity index is 1620. The second-order valence-electron chi connectivity index (χ2n) is 10.1. The van der Waals surface area contributed by atoms with Gasteiger partial charge in [-0.1, -0.05) is 25.1 Å². The van der Waals surface area contributed by atoms with E-state index < -0.39 is 45.2 Å². The third-order valence-electron chi connectivity index (χ3n) is 7.36. The lowest BCUT2D eigenvalue weighted by Crippen LogP contribution is -2.49. The number of carbonyl (C=O) groups excluding carboxylic acids is 1. The summed E-state index contributed by atoms with van der Waals surface area (Å²) in [4.78, 5) is 33.1. The molecule has 1 N–H and O–H groups in total. The molecule has 0 aliphatic carbocycles. The molecule has 0 saturated carbocycles. The number of halogens is 6. The molecule has 224 valence electrons. The molecule has 0 bridgehead atoms. The molecule has 7 nitrogen and oxygen atoms in total. The van der Waals surface area contributed by atoms with E-state index in [1.165, 1.54) is 10.6 Å². The highest BCUT2D eigenvalue weighted by molar-refractivity contribution is 7.99. The molecule has 0 spiro atoms. The molecule has 2 aromatic carbocycles. The number of nitrogens with zero attached hydrogens (tertiary/aromatic N) is 4. The van der Waals surface area contributed by atoms with E-state index in [1.54, 1.807) is 9.80 Å². The van der Waals surface area contributed by atoms with Crippen LogP contribution in [-0.2, 0) is 17.5 Å². The Kier molecular flexibility index (Phi) is 8.55. The van der Waals surface area contributed by atoms with Gasteiger partial charge in [0.15, 0.2) is 0 Å². The molecule has 3 aromatic rings. The largest absolute Gasteiger partial charge is 0.417 e. The van der Waals surface area contributed by atoms with Crippen molar-refractivity contribution in [2.24, 2.45) is 0 Å². The van der Waals surface area contributed by atoms with Crippen LogP contribution in [0.1, 0.15) is 18.9 Å². The number of amides is 1. The number of aromatic nitrogens is 2. The number of thioether (sulfide) groups is 1. The number of anilines is 1. The summed E-state index contributed by atoms with van der Waals surface area (Å²) < 4.78 is 75.0. The second kappa shape index (κ2) is 11.8. The van der Waals surface area contributed by atoms with Gasteiger partial charge in [0.1, 0.15) is 17.5 Å². The van der Waals surface area contributed by atoms with Gasteiger partial charge in [-0.15, -0.1) is 11.8 Å². The van der Waals surface area contributed by atoms with Crippen molar-refractivity contribution < 1.29 is 26.7 Å². The summed E-state index contributed by atoms with van der Waals surface area (Å²) >= 11 is 6.99. The maximum Gasteiger partial charge on any atom is 0.417 e. The standard InChI is InChI=1S/C28H27ClF5N5O2S/c1-3-5-35-15-13-39-24-17(26(36-27(39)41)38-8-6-37(7-9-38)22(40)4-2)10-18(28(32,33)34)23(25(24)42-14-15)16-11-19(29)21(31)12-20(16)30/h4,10-12,15,35H,2-3,5-9,13-14H2,1H3. The first-order chi connectivity index (χ1) is 19.9. The zero-order valence-corrected chi connectivity index (χ0v) is 24.1. The molecular formula is C28H27ClF5N5O2S. The number of carbonyl (C=O) groups is 1. The molecule has 1 unspecified atom stereocenters. The molecule has 1 fully saturated rings. The number of rotatable bonds is 6. The smallest absolute Gasteiger partial charge is 0.352 e. The Morgan fingerprint density at radius 3 is 2.55 bits per heavy atom. The van der Waals surface area contributed by atoms with Crippen molar-refractivity contribution in [1.29, 1.82) is 0 Å². The fourth-order valence-corrected chi connectivity index (χ4v) is 6.82. The van der Waals surface area contributed by atoms with E-state index in [-0.39, 0.29) is 72.0 Å². The molecule has 5 rings (SSSR count). The predicted molar refractivity (Wildman–Crippen MR) is 153 cm³/mol. The van der Waals surface area contributed by atoms with Gasteiger partial charge in [-0.05, 0) is 31.2 Å². The minimum atomic E-state index is -4.95. The minimum Gasteiger partial charge on any atom is -0.352 e. The minimum absolute atomic E-state index is 0.0309.